The highest BCUT2D eigenvalue weighted by molar-refractivity contribution is 8.00. The normalized spacial score (nSPS) is 14.6. The molecular formula is C21H21ClN4OS. The fourth-order valence-corrected chi connectivity index (χ4v) is 4.01. The first-order chi connectivity index (χ1) is 13.6. The quantitative estimate of drug-likeness (QED) is 0.556. The minimum Gasteiger partial charge on any atom is -0.325 e. The highest BCUT2D eigenvalue weighted by Crippen LogP contribution is 2.40. The number of carbonyl (C=O) groups excluding carboxylic acids is 1. The molecule has 1 aliphatic rings. The number of hydrogen-bond donors (Lipinski definition) is 1. The lowest BCUT2D eigenvalue weighted by atomic mass is 10.2. The van der Waals surface area contributed by atoms with Crippen molar-refractivity contribution in [2.24, 2.45) is 0 Å². The van der Waals surface area contributed by atoms with Crippen molar-refractivity contribution in [3.63, 3.8) is 0 Å². The zero-order valence-electron chi connectivity index (χ0n) is 15.5. The Hall–Kier alpha value is -2.31. The SMILES string of the molecule is C[C@H](Sc1nnc(C2CC2)n1Cc1ccccc1)C(=O)Nc1cccc(Cl)c1. The van der Waals surface area contributed by atoms with E-state index < -0.39 is 0 Å². The average Bonchev–Trinajstić information content (AvgIpc) is 3.46. The zero-order valence-corrected chi connectivity index (χ0v) is 17.1. The van der Waals surface area contributed by atoms with Gasteiger partial charge in [-0.1, -0.05) is 59.8 Å². The molecule has 0 radical (unpaired) electrons. The van der Waals surface area contributed by atoms with Crippen LogP contribution < -0.4 is 5.32 Å². The van der Waals surface area contributed by atoms with Crippen molar-refractivity contribution in [1.82, 2.24) is 14.8 Å². The summed E-state index contributed by atoms with van der Waals surface area (Å²) in [5.41, 5.74) is 1.89. The number of nitrogens with zero attached hydrogens (tertiary/aromatic N) is 3. The Morgan fingerprint density at radius 1 is 1.21 bits per heavy atom. The van der Waals surface area contributed by atoms with Gasteiger partial charge in [0.1, 0.15) is 5.82 Å². The van der Waals surface area contributed by atoms with E-state index in [1.54, 1.807) is 12.1 Å². The fourth-order valence-electron chi connectivity index (χ4n) is 2.97. The van der Waals surface area contributed by atoms with Gasteiger partial charge in [0.25, 0.3) is 0 Å². The maximum Gasteiger partial charge on any atom is 0.237 e. The van der Waals surface area contributed by atoms with Gasteiger partial charge in [-0.3, -0.25) is 4.79 Å². The average molecular weight is 413 g/mol. The number of benzene rings is 2. The summed E-state index contributed by atoms with van der Waals surface area (Å²) < 4.78 is 2.15. The molecule has 0 unspecified atom stereocenters. The lowest BCUT2D eigenvalue weighted by Crippen LogP contribution is -2.23. The Balaban J connectivity index is 1.50. The monoisotopic (exact) mass is 412 g/mol. The van der Waals surface area contributed by atoms with Gasteiger partial charge in [-0.15, -0.1) is 10.2 Å². The Labute approximate surface area is 173 Å². The molecule has 1 heterocycles. The summed E-state index contributed by atoms with van der Waals surface area (Å²) in [6.45, 7) is 2.59. The number of rotatable bonds is 7. The fraction of sp³-hybridized carbons (Fsp3) is 0.286. The van der Waals surface area contributed by atoms with Crippen LogP contribution in [0.1, 0.15) is 37.1 Å². The number of aromatic nitrogens is 3. The van der Waals surface area contributed by atoms with E-state index >= 15 is 0 Å². The number of hydrogen-bond acceptors (Lipinski definition) is 4. The summed E-state index contributed by atoms with van der Waals surface area (Å²) in [6, 6.07) is 17.4. The molecule has 1 amide bonds. The molecule has 3 aromatic rings. The van der Waals surface area contributed by atoms with Crippen LogP contribution in [0, 0.1) is 0 Å². The lowest BCUT2D eigenvalue weighted by molar-refractivity contribution is -0.115. The van der Waals surface area contributed by atoms with Gasteiger partial charge in [-0.05, 0) is 43.5 Å². The number of thioether (sulfide) groups is 1. The Kier molecular flexibility index (Phi) is 5.69. The van der Waals surface area contributed by atoms with Crippen molar-refractivity contribution >= 4 is 35.0 Å². The van der Waals surface area contributed by atoms with Crippen LogP contribution in [-0.4, -0.2) is 25.9 Å². The molecule has 4 rings (SSSR count). The van der Waals surface area contributed by atoms with Crippen LogP contribution >= 0.6 is 23.4 Å². The predicted molar refractivity (Wildman–Crippen MR) is 113 cm³/mol. The minimum absolute atomic E-state index is 0.0884. The number of nitrogens with one attached hydrogen (secondary N) is 1. The van der Waals surface area contributed by atoms with Gasteiger partial charge >= 0.3 is 0 Å². The third-order valence-electron chi connectivity index (χ3n) is 4.62. The summed E-state index contributed by atoms with van der Waals surface area (Å²) in [7, 11) is 0. The largest absolute Gasteiger partial charge is 0.325 e. The second-order valence-corrected chi connectivity index (χ2v) is 8.69. The molecule has 0 spiro atoms. The summed E-state index contributed by atoms with van der Waals surface area (Å²) in [5.74, 6) is 1.42. The van der Waals surface area contributed by atoms with Crippen LogP contribution in [0.25, 0.3) is 0 Å². The van der Waals surface area contributed by atoms with Crippen LogP contribution in [-0.2, 0) is 11.3 Å². The topological polar surface area (TPSA) is 59.8 Å². The standard InChI is InChI=1S/C21H21ClN4OS/c1-14(20(27)23-18-9-5-8-17(22)12-18)28-21-25-24-19(16-10-11-16)26(21)13-15-6-3-2-4-7-15/h2-9,12,14,16H,10-11,13H2,1H3,(H,23,27)/t14-/m0/s1. The highest BCUT2D eigenvalue weighted by Gasteiger charge is 2.31. The molecule has 7 heteroatoms. The molecule has 0 aliphatic heterocycles. The van der Waals surface area contributed by atoms with Crippen molar-refractivity contribution < 1.29 is 4.79 Å². The van der Waals surface area contributed by atoms with E-state index in [-0.39, 0.29) is 11.2 Å². The van der Waals surface area contributed by atoms with E-state index in [9.17, 15) is 4.79 Å². The number of halogens is 1. The smallest absolute Gasteiger partial charge is 0.237 e. The first kappa shape index (κ1) is 19.0. The third kappa shape index (κ3) is 4.56. The van der Waals surface area contributed by atoms with Crippen LogP contribution in [0.4, 0.5) is 5.69 Å². The van der Waals surface area contributed by atoms with Gasteiger partial charge in [0.15, 0.2) is 5.16 Å². The maximum absolute atomic E-state index is 12.6. The molecule has 1 fully saturated rings. The predicted octanol–water partition coefficient (Wildman–Crippen LogP) is 4.98. The summed E-state index contributed by atoms with van der Waals surface area (Å²) in [4.78, 5) is 12.6. The molecule has 2 aromatic carbocycles. The van der Waals surface area contributed by atoms with Crippen molar-refractivity contribution in [1.29, 1.82) is 0 Å². The summed E-state index contributed by atoms with van der Waals surface area (Å²) >= 11 is 7.43. The van der Waals surface area contributed by atoms with Crippen molar-refractivity contribution in [2.75, 3.05) is 5.32 Å². The van der Waals surface area contributed by atoms with Gasteiger partial charge < -0.3 is 9.88 Å². The van der Waals surface area contributed by atoms with Gasteiger partial charge in [0.2, 0.25) is 5.91 Å². The molecule has 1 aromatic heterocycles. The van der Waals surface area contributed by atoms with E-state index in [2.05, 4.69) is 32.2 Å². The molecular weight excluding hydrogens is 392 g/mol. The molecule has 1 atom stereocenters. The van der Waals surface area contributed by atoms with E-state index in [1.165, 1.54) is 17.3 Å². The molecule has 144 valence electrons. The molecule has 28 heavy (non-hydrogen) atoms. The molecule has 1 N–H and O–H groups in total. The third-order valence-corrected chi connectivity index (χ3v) is 5.93. The molecule has 1 saturated carbocycles. The van der Waals surface area contributed by atoms with Crippen molar-refractivity contribution in [3.05, 3.63) is 71.0 Å². The highest BCUT2D eigenvalue weighted by atomic mass is 35.5. The molecule has 1 aliphatic carbocycles. The Morgan fingerprint density at radius 2 is 2.00 bits per heavy atom. The number of amides is 1. The molecule has 0 bridgehead atoms. The van der Waals surface area contributed by atoms with E-state index in [1.807, 2.05) is 37.3 Å². The van der Waals surface area contributed by atoms with Crippen molar-refractivity contribution in [2.45, 2.75) is 42.6 Å². The molecule has 5 nitrogen and oxygen atoms in total. The van der Waals surface area contributed by atoms with E-state index in [0.717, 1.165) is 23.8 Å². The van der Waals surface area contributed by atoms with Gasteiger partial charge in [-0.25, -0.2) is 0 Å². The Morgan fingerprint density at radius 3 is 2.71 bits per heavy atom. The zero-order chi connectivity index (χ0) is 19.5. The maximum atomic E-state index is 12.6. The number of carbonyl (C=O) groups is 1. The van der Waals surface area contributed by atoms with E-state index in [0.29, 0.717) is 23.2 Å². The second kappa shape index (κ2) is 8.37. The molecule has 0 saturated heterocycles. The van der Waals surface area contributed by atoms with Crippen LogP contribution in [0.3, 0.4) is 0 Å². The van der Waals surface area contributed by atoms with Gasteiger partial charge in [-0.2, -0.15) is 0 Å². The lowest BCUT2D eigenvalue weighted by Gasteiger charge is -2.14. The Bertz CT molecular complexity index is 972. The van der Waals surface area contributed by atoms with Crippen LogP contribution in [0.15, 0.2) is 59.8 Å². The number of anilines is 1. The van der Waals surface area contributed by atoms with E-state index in [4.69, 9.17) is 11.6 Å². The summed E-state index contributed by atoms with van der Waals surface area (Å²) in [5, 5.41) is 12.8. The first-order valence-corrected chi connectivity index (χ1v) is 10.6. The van der Waals surface area contributed by atoms with Crippen LogP contribution in [0.5, 0.6) is 0 Å². The van der Waals surface area contributed by atoms with Gasteiger partial charge in [0, 0.05) is 16.6 Å². The van der Waals surface area contributed by atoms with Crippen molar-refractivity contribution in [3.8, 4) is 0 Å². The second-order valence-electron chi connectivity index (χ2n) is 6.95. The first-order valence-electron chi connectivity index (χ1n) is 9.30. The van der Waals surface area contributed by atoms with Gasteiger partial charge in [0.05, 0.1) is 11.8 Å². The van der Waals surface area contributed by atoms with Crippen LogP contribution in [0.2, 0.25) is 5.02 Å². The summed E-state index contributed by atoms with van der Waals surface area (Å²) in [6.07, 6.45) is 2.31. The minimum atomic E-state index is -0.315.